The van der Waals surface area contributed by atoms with Crippen LogP contribution in [0.3, 0.4) is 0 Å². The highest BCUT2D eigenvalue weighted by molar-refractivity contribution is 5.97. The van der Waals surface area contributed by atoms with Gasteiger partial charge in [0.25, 0.3) is 0 Å². The van der Waals surface area contributed by atoms with Gasteiger partial charge in [-0.25, -0.2) is 14.6 Å². The highest BCUT2D eigenvalue weighted by atomic mass is 16.5. The number of pyridine rings is 1. The molecule has 21 heavy (non-hydrogen) atoms. The van der Waals surface area contributed by atoms with Gasteiger partial charge >= 0.3 is 11.9 Å². The van der Waals surface area contributed by atoms with E-state index in [1.54, 1.807) is 25.1 Å². The van der Waals surface area contributed by atoms with E-state index in [1.807, 2.05) is 13.0 Å². The van der Waals surface area contributed by atoms with Gasteiger partial charge in [0.15, 0.2) is 5.69 Å². The lowest BCUT2D eigenvalue weighted by atomic mass is 10.0. The van der Waals surface area contributed by atoms with Gasteiger partial charge in [0.2, 0.25) is 0 Å². The minimum atomic E-state index is -0.423. The average molecular weight is 287 g/mol. The van der Waals surface area contributed by atoms with Gasteiger partial charge in [0.05, 0.1) is 24.8 Å². The zero-order valence-corrected chi connectivity index (χ0v) is 12.3. The second kappa shape index (κ2) is 6.35. The lowest BCUT2D eigenvalue weighted by Crippen LogP contribution is -2.11. The number of aromatic nitrogens is 1. The molecule has 0 aliphatic rings. The van der Waals surface area contributed by atoms with Crippen LogP contribution in [0, 0.1) is 0 Å². The molecule has 5 nitrogen and oxygen atoms in total. The topological polar surface area (TPSA) is 65.5 Å². The number of rotatable bonds is 4. The van der Waals surface area contributed by atoms with Gasteiger partial charge in [-0.2, -0.15) is 0 Å². The Hall–Kier alpha value is -2.43. The van der Waals surface area contributed by atoms with E-state index in [2.05, 4.69) is 4.98 Å². The Labute approximate surface area is 122 Å². The highest BCUT2D eigenvalue weighted by Gasteiger charge is 2.15. The number of carbonyl (C=O) groups excluding carboxylic acids is 2. The summed E-state index contributed by atoms with van der Waals surface area (Å²) < 4.78 is 9.73. The number of methoxy groups -OCH3 is 1. The second-order valence-corrected chi connectivity index (χ2v) is 4.47. The highest BCUT2D eigenvalue weighted by Crippen LogP contribution is 2.20. The molecule has 0 saturated heterocycles. The van der Waals surface area contributed by atoms with Crippen LogP contribution in [0.25, 0.3) is 10.9 Å². The number of aryl methyl sites for hydroxylation is 1. The first kappa shape index (κ1) is 15.0. The van der Waals surface area contributed by atoms with E-state index < -0.39 is 11.9 Å². The second-order valence-electron chi connectivity index (χ2n) is 4.47. The lowest BCUT2D eigenvalue weighted by Gasteiger charge is -2.09. The molecule has 5 heteroatoms. The number of hydrogen-bond acceptors (Lipinski definition) is 5. The van der Waals surface area contributed by atoms with E-state index in [0.717, 1.165) is 10.9 Å². The van der Waals surface area contributed by atoms with Crippen molar-refractivity contribution in [1.29, 1.82) is 0 Å². The molecule has 0 radical (unpaired) electrons. The first-order chi connectivity index (χ1) is 10.1. The molecule has 1 aromatic heterocycles. The van der Waals surface area contributed by atoms with Crippen molar-refractivity contribution in [2.75, 3.05) is 13.7 Å². The smallest absolute Gasteiger partial charge is 0.357 e. The predicted octanol–water partition coefficient (Wildman–Crippen LogP) is 2.76. The fourth-order valence-corrected chi connectivity index (χ4v) is 2.11. The molecule has 0 aliphatic heterocycles. The zero-order chi connectivity index (χ0) is 15.4. The first-order valence-corrected chi connectivity index (χ1v) is 6.79. The van der Waals surface area contributed by atoms with Gasteiger partial charge in [0, 0.05) is 5.39 Å². The molecule has 0 spiro atoms. The van der Waals surface area contributed by atoms with Crippen molar-refractivity contribution < 1.29 is 19.1 Å². The molecule has 0 atom stereocenters. The Morgan fingerprint density at radius 3 is 2.52 bits per heavy atom. The summed E-state index contributed by atoms with van der Waals surface area (Å²) in [6, 6.07) is 6.90. The van der Waals surface area contributed by atoms with E-state index in [1.165, 1.54) is 7.11 Å². The van der Waals surface area contributed by atoms with Gasteiger partial charge in [0.1, 0.15) is 0 Å². The van der Waals surface area contributed by atoms with Crippen molar-refractivity contribution in [1.82, 2.24) is 4.98 Å². The summed E-state index contributed by atoms with van der Waals surface area (Å²) in [5, 5.41) is 0.794. The third-order valence-corrected chi connectivity index (χ3v) is 3.16. The Balaban J connectivity index is 2.55. The number of carbonyl (C=O) groups is 2. The number of hydrogen-bond donors (Lipinski definition) is 0. The molecule has 0 bridgehead atoms. The summed E-state index contributed by atoms with van der Waals surface area (Å²) in [6.45, 7) is 4.01. The summed E-state index contributed by atoms with van der Waals surface area (Å²) in [4.78, 5) is 27.9. The molecule has 1 heterocycles. The molecule has 0 saturated carbocycles. The summed E-state index contributed by atoms with van der Waals surface area (Å²) in [6.07, 6.45) is 0.652. The normalized spacial score (nSPS) is 10.4. The number of nitrogens with zero attached hydrogens (tertiary/aromatic N) is 1. The Morgan fingerprint density at radius 2 is 1.90 bits per heavy atom. The molecular formula is C16H17NO4. The maximum Gasteiger partial charge on any atom is 0.357 e. The Bertz CT molecular complexity index is 694. The summed E-state index contributed by atoms with van der Waals surface area (Å²) in [5.74, 6) is -0.822. The van der Waals surface area contributed by atoms with Crippen LogP contribution >= 0.6 is 0 Å². The van der Waals surface area contributed by atoms with Crippen molar-refractivity contribution in [2.24, 2.45) is 0 Å². The Morgan fingerprint density at radius 1 is 1.14 bits per heavy atom. The average Bonchev–Trinajstić information content (AvgIpc) is 2.52. The van der Waals surface area contributed by atoms with E-state index in [-0.39, 0.29) is 0 Å². The molecule has 0 fully saturated rings. The van der Waals surface area contributed by atoms with Crippen LogP contribution in [0.15, 0.2) is 24.3 Å². The van der Waals surface area contributed by atoms with Crippen LogP contribution in [0.1, 0.15) is 40.3 Å². The Kier molecular flexibility index (Phi) is 4.52. The van der Waals surface area contributed by atoms with E-state index in [0.29, 0.717) is 29.8 Å². The van der Waals surface area contributed by atoms with Crippen LogP contribution in [0.5, 0.6) is 0 Å². The molecule has 0 unspecified atom stereocenters. The van der Waals surface area contributed by atoms with Crippen LogP contribution in [0.4, 0.5) is 0 Å². The van der Waals surface area contributed by atoms with E-state index in [4.69, 9.17) is 9.47 Å². The largest absolute Gasteiger partial charge is 0.465 e. The predicted molar refractivity (Wildman–Crippen MR) is 78.4 cm³/mol. The van der Waals surface area contributed by atoms with Gasteiger partial charge in [-0.05, 0) is 43.2 Å². The van der Waals surface area contributed by atoms with Crippen molar-refractivity contribution in [3.63, 3.8) is 0 Å². The third kappa shape index (κ3) is 3.02. The molecular weight excluding hydrogens is 270 g/mol. The molecule has 2 rings (SSSR count). The van der Waals surface area contributed by atoms with E-state index in [9.17, 15) is 9.59 Å². The molecule has 110 valence electrons. The van der Waals surface area contributed by atoms with E-state index >= 15 is 0 Å². The molecule has 1 aromatic carbocycles. The molecule has 0 amide bonds. The van der Waals surface area contributed by atoms with Crippen LogP contribution in [-0.4, -0.2) is 30.6 Å². The number of esters is 2. The number of ether oxygens (including phenoxy) is 2. The molecule has 2 aromatic rings. The quantitative estimate of drug-likeness (QED) is 0.809. The van der Waals surface area contributed by atoms with Crippen molar-refractivity contribution in [3.05, 3.63) is 41.1 Å². The van der Waals surface area contributed by atoms with Crippen molar-refractivity contribution >= 4 is 22.8 Å². The van der Waals surface area contributed by atoms with Gasteiger partial charge in [-0.15, -0.1) is 0 Å². The standard InChI is InChI=1S/C16H17NO4/c1-4-10-8-12-9-11(15(18)20-3)6-7-13(12)17-14(10)16(19)21-5-2/h6-9H,4-5H2,1-3H3. The number of fused-ring (bicyclic) bond motifs is 1. The molecule has 0 N–H and O–H groups in total. The van der Waals surface area contributed by atoms with Crippen LogP contribution in [-0.2, 0) is 15.9 Å². The zero-order valence-electron chi connectivity index (χ0n) is 12.3. The summed E-state index contributed by atoms with van der Waals surface area (Å²) in [5.41, 5.74) is 2.22. The van der Waals surface area contributed by atoms with Gasteiger partial charge in [-0.3, -0.25) is 0 Å². The van der Waals surface area contributed by atoms with Gasteiger partial charge in [-0.1, -0.05) is 6.92 Å². The molecule has 0 aliphatic carbocycles. The minimum Gasteiger partial charge on any atom is -0.465 e. The van der Waals surface area contributed by atoms with Crippen LogP contribution in [0.2, 0.25) is 0 Å². The SMILES string of the molecule is CCOC(=O)c1nc2ccc(C(=O)OC)cc2cc1CC. The van der Waals surface area contributed by atoms with Crippen molar-refractivity contribution in [2.45, 2.75) is 20.3 Å². The number of benzene rings is 1. The van der Waals surface area contributed by atoms with Crippen molar-refractivity contribution in [3.8, 4) is 0 Å². The first-order valence-electron chi connectivity index (χ1n) is 6.79. The minimum absolute atomic E-state index is 0.309. The fourth-order valence-electron chi connectivity index (χ4n) is 2.11. The maximum absolute atomic E-state index is 11.9. The van der Waals surface area contributed by atoms with Crippen LogP contribution < -0.4 is 0 Å². The summed E-state index contributed by atoms with van der Waals surface area (Å²) >= 11 is 0. The monoisotopic (exact) mass is 287 g/mol. The lowest BCUT2D eigenvalue weighted by molar-refractivity contribution is 0.0517. The van der Waals surface area contributed by atoms with Gasteiger partial charge < -0.3 is 9.47 Å². The fraction of sp³-hybridized carbons (Fsp3) is 0.312. The third-order valence-electron chi connectivity index (χ3n) is 3.16. The maximum atomic E-state index is 11.9. The summed E-state index contributed by atoms with van der Waals surface area (Å²) in [7, 11) is 1.34.